The van der Waals surface area contributed by atoms with Gasteiger partial charge in [0.1, 0.15) is 5.75 Å². The molecule has 2 aromatic rings. The number of piperazine rings is 1. The van der Waals surface area contributed by atoms with Crippen LogP contribution in [0.2, 0.25) is 0 Å². The van der Waals surface area contributed by atoms with E-state index in [1.807, 2.05) is 11.0 Å². The minimum Gasteiger partial charge on any atom is -0.497 e. The van der Waals surface area contributed by atoms with E-state index in [0.717, 1.165) is 57.8 Å². The van der Waals surface area contributed by atoms with Gasteiger partial charge in [0.2, 0.25) is 0 Å². The molecule has 0 spiro atoms. The Balaban J connectivity index is 1.65. The quantitative estimate of drug-likeness (QED) is 0.672. The van der Waals surface area contributed by atoms with E-state index in [4.69, 9.17) is 4.74 Å². The molecule has 2 saturated heterocycles. The first kappa shape index (κ1) is 23.4. The van der Waals surface area contributed by atoms with Crippen molar-refractivity contribution in [1.82, 2.24) is 10.2 Å². The van der Waals surface area contributed by atoms with Crippen molar-refractivity contribution in [3.05, 3.63) is 48.0 Å². The minimum atomic E-state index is -3.84. The van der Waals surface area contributed by atoms with Gasteiger partial charge in [0.15, 0.2) is 0 Å². The first-order valence-corrected chi connectivity index (χ1v) is 12.9. The molecule has 0 unspecified atom stereocenters. The largest absolute Gasteiger partial charge is 0.497 e. The molecule has 33 heavy (non-hydrogen) atoms. The Bertz CT molecular complexity index is 1090. The topological polar surface area (TPSA) is 91.0 Å². The normalized spacial score (nSPS) is 17.6. The zero-order valence-corrected chi connectivity index (χ0v) is 20.0. The molecule has 4 rings (SSSR count). The molecule has 2 N–H and O–H groups in total. The molecule has 178 valence electrons. The van der Waals surface area contributed by atoms with Gasteiger partial charge in [-0.15, -0.1) is 0 Å². The van der Waals surface area contributed by atoms with Crippen LogP contribution in [0.25, 0.3) is 0 Å². The molecule has 8 nitrogen and oxygen atoms in total. The number of anilines is 2. The van der Waals surface area contributed by atoms with E-state index in [2.05, 4.69) is 21.9 Å². The number of sulfonamides is 1. The molecule has 2 aromatic carbocycles. The molecule has 0 radical (unpaired) electrons. The summed E-state index contributed by atoms with van der Waals surface area (Å²) in [6.07, 6.45) is 1.97. The Morgan fingerprint density at radius 2 is 1.79 bits per heavy atom. The van der Waals surface area contributed by atoms with Crippen LogP contribution in [0.4, 0.5) is 11.4 Å². The van der Waals surface area contributed by atoms with Crippen LogP contribution in [-0.4, -0.2) is 65.6 Å². The lowest BCUT2D eigenvalue weighted by atomic mass is 9.98. The maximum atomic E-state index is 13.5. The van der Waals surface area contributed by atoms with Crippen molar-refractivity contribution >= 4 is 27.3 Å². The van der Waals surface area contributed by atoms with Crippen LogP contribution in [0.3, 0.4) is 0 Å². The van der Waals surface area contributed by atoms with Crippen molar-refractivity contribution in [1.29, 1.82) is 0 Å². The van der Waals surface area contributed by atoms with E-state index < -0.39 is 10.0 Å². The van der Waals surface area contributed by atoms with Crippen molar-refractivity contribution in [3.8, 4) is 5.75 Å². The number of likely N-dealkylation sites (tertiary alicyclic amines) is 1. The number of hydrogen-bond acceptors (Lipinski definition) is 6. The highest BCUT2D eigenvalue weighted by Gasteiger charge is 2.26. The lowest BCUT2D eigenvalue weighted by Crippen LogP contribution is -2.45. The number of nitrogens with one attached hydrogen (secondary N) is 2. The number of benzene rings is 2. The summed E-state index contributed by atoms with van der Waals surface area (Å²) in [6, 6.07) is 11.6. The Hall–Kier alpha value is -2.78. The number of amides is 1. The van der Waals surface area contributed by atoms with Crippen molar-refractivity contribution in [3.63, 3.8) is 0 Å². The van der Waals surface area contributed by atoms with Gasteiger partial charge in [0.05, 0.1) is 17.6 Å². The van der Waals surface area contributed by atoms with Crippen LogP contribution in [0, 0.1) is 5.92 Å². The predicted molar refractivity (Wildman–Crippen MR) is 130 cm³/mol. The molecule has 2 aliphatic heterocycles. The second-order valence-corrected chi connectivity index (χ2v) is 10.4. The lowest BCUT2D eigenvalue weighted by Gasteiger charge is -2.34. The van der Waals surface area contributed by atoms with Gasteiger partial charge in [-0.2, -0.15) is 0 Å². The van der Waals surface area contributed by atoms with E-state index >= 15 is 0 Å². The lowest BCUT2D eigenvalue weighted by molar-refractivity contribution is 0.0698. The van der Waals surface area contributed by atoms with Gasteiger partial charge in [0, 0.05) is 56.7 Å². The number of ether oxygens (including phenoxy) is 1. The Morgan fingerprint density at radius 1 is 1.06 bits per heavy atom. The van der Waals surface area contributed by atoms with E-state index in [9.17, 15) is 13.2 Å². The molecule has 1 amide bonds. The standard InChI is InChI=1S/C24H32N4O4S/c1-18-8-12-28(13-9-18)24(29)22-16-19(6-7-23(22)27-14-10-25-11-15-27)26-33(30,31)21-5-3-4-20(17-21)32-2/h3-7,16-18,25-26H,8-15H2,1-2H3. The maximum absolute atomic E-state index is 13.5. The van der Waals surface area contributed by atoms with Crippen molar-refractivity contribution < 1.29 is 17.9 Å². The molecular weight excluding hydrogens is 440 g/mol. The number of rotatable bonds is 6. The average molecular weight is 473 g/mol. The zero-order valence-electron chi connectivity index (χ0n) is 19.2. The van der Waals surface area contributed by atoms with Crippen molar-refractivity contribution in [2.24, 2.45) is 5.92 Å². The molecule has 0 aliphatic carbocycles. The number of nitrogens with zero attached hydrogens (tertiary/aromatic N) is 2. The zero-order chi connectivity index (χ0) is 23.4. The van der Waals surface area contributed by atoms with Crippen LogP contribution in [-0.2, 0) is 10.0 Å². The van der Waals surface area contributed by atoms with Gasteiger partial charge in [-0.3, -0.25) is 9.52 Å². The number of carbonyl (C=O) groups excluding carboxylic acids is 1. The highest BCUT2D eigenvalue weighted by molar-refractivity contribution is 7.92. The molecule has 0 bridgehead atoms. The Kier molecular flexibility index (Phi) is 7.09. The Morgan fingerprint density at radius 3 is 2.48 bits per heavy atom. The summed E-state index contributed by atoms with van der Waals surface area (Å²) in [5.74, 6) is 1.03. The fraction of sp³-hybridized carbons (Fsp3) is 0.458. The molecule has 2 aliphatic rings. The van der Waals surface area contributed by atoms with Crippen LogP contribution in [0.1, 0.15) is 30.1 Å². The third kappa shape index (κ3) is 5.42. The van der Waals surface area contributed by atoms with E-state index in [1.54, 1.807) is 24.3 Å². The fourth-order valence-corrected chi connectivity index (χ4v) is 5.40. The number of piperidine rings is 1. The summed E-state index contributed by atoms with van der Waals surface area (Å²) in [5, 5.41) is 3.33. The third-order valence-corrected chi connectivity index (χ3v) is 7.74. The van der Waals surface area contributed by atoms with Gasteiger partial charge >= 0.3 is 0 Å². The summed E-state index contributed by atoms with van der Waals surface area (Å²) in [4.78, 5) is 17.7. The van der Waals surface area contributed by atoms with Gasteiger partial charge in [0.25, 0.3) is 15.9 Å². The van der Waals surface area contributed by atoms with Crippen LogP contribution in [0.5, 0.6) is 5.75 Å². The second-order valence-electron chi connectivity index (χ2n) is 8.73. The first-order chi connectivity index (χ1) is 15.9. The molecule has 9 heteroatoms. The smallest absolute Gasteiger partial charge is 0.262 e. The predicted octanol–water partition coefficient (Wildman–Crippen LogP) is 2.78. The monoisotopic (exact) mass is 472 g/mol. The first-order valence-electron chi connectivity index (χ1n) is 11.4. The SMILES string of the molecule is COc1cccc(S(=O)(=O)Nc2ccc(N3CCNCC3)c(C(=O)N3CCC(C)CC3)c2)c1. The molecule has 0 atom stereocenters. The molecule has 2 heterocycles. The summed E-state index contributed by atoms with van der Waals surface area (Å²) in [7, 11) is -2.34. The summed E-state index contributed by atoms with van der Waals surface area (Å²) in [6.45, 7) is 6.94. The van der Waals surface area contributed by atoms with Crippen LogP contribution in [0.15, 0.2) is 47.4 Å². The summed E-state index contributed by atoms with van der Waals surface area (Å²) in [5.41, 5.74) is 1.76. The minimum absolute atomic E-state index is 0.0436. The van der Waals surface area contributed by atoms with Gasteiger partial charge in [-0.1, -0.05) is 13.0 Å². The highest BCUT2D eigenvalue weighted by atomic mass is 32.2. The van der Waals surface area contributed by atoms with Crippen molar-refractivity contribution in [2.75, 3.05) is 56.0 Å². The number of hydrogen-bond donors (Lipinski definition) is 2. The summed E-state index contributed by atoms with van der Waals surface area (Å²) < 4.78 is 33.8. The molecule has 0 aromatic heterocycles. The summed E-state index contributed by atoms with van der Waals surface area (Å²) >= 11 is 0. The van der Waals surface area contributed by atoms with Gasteiger partial charge < -0.3 is 19.9 Å². The molecule has 0 saturated carbocycles. The highest BCUT2D eigenvalue weighted by Crippen LogP contribution is 2.29. The van der Waals surface area contributed by atoms with E-state index in [0.29, 0.717) is 22.9 Å². The van der Waals surface area contributed by atoms with E-state index in [1.165, 1.54) is 19.2 Å². The second kappa shape index (κ2) is 10.0. The van der Waals surface area contributed by atoms with Crippen molar-refractivity contribution in [2.45, 2.75) is 24.7 Å². The Labute approximate surface area is 196 Å². The van der Waals surface area contributed by atoms with Gasteiger partial charge in [-0.05, 0) is 49.1 Å². The molecular formula is C24H32N4O4S. The van der Waals surface area contributed by atoms with E-state index in [-0.39, 0.29) is 10.8 Å². The maximum Gasteiger partial charge on any atom is 0.262 e. The van der Waals surface area contributed by atoms with Crippen LogP contribution >= 0.6 is 0 Å². The fourth-order valence-electron chi connectivity index (χ4n) is 4.32. The van der Waals surface area contributed by atoms with Crippen LogP contribution < -0.4 is 19.7 Å². The third-order valence-electron chi connectivity index (χ3n) is 6.36. The molecule has 2 fully saturated rings. The average Bonchev–Trinajstić information content (AvgIpc) is 2.84. The van der Waals surface area contributed by atoms with Gasteiger partial charge in [-0.25, -0.2) is 8.42 Å². The number of carbonyl (C=O) groups is 1. The number of methoxy groups -OCH3 is 1.